The van der Waals surface area contributed by atoms with Gasteiger partial charge in [0.1, 0.15) is 0 Å². The van der Waals surface area contributed by atoms with E-state index in [0.717, 1.165) is 24.3 Å². The van der Waals surface area contributed by atoms with Gasteiger partial charge in [-0.3, -0.25) is 0 Å². The Morgan fingerprint density at radius 3 is 2.31 bits per heavy atom. The summed E-state index contributed by atoms with van der Waals surface area (Å²) in [7, 11) is 0. The van der Waals surface area contributed by atoms with E-state index in [1.54, 1.807) is 0 Å². The van der Waals surface area contributed by atoms with Crippen molar-refractivity contribution in [2.24, 2.45) is 5.92 Å². The molecule has 0 heterocycles. The second-order valence-electron chi connectivity index (χ2n) is 5.33. The van der Waals surface area contributed by atoms with Crippen molar-refractivity contribution in [3.8, 4) is 0 Å². The van der Waals surface area contributed by atoms with Gasteiger partial charge in [0.15, 0.2) is 0 Å². The van der Waals surface area contributed by atoms with Crippen molar-refractivity contribution < 1.29 is 5.11 Å². The zero-order chi connectivity index (χ0) is 11.6. The summed E-state index contributed by atoms with van der Waals surface area (Å²) in [6.45, 7) is 4.10. The lowest BCUT2D eigenvalue weighted by Gasteiger charge is -2.33. The molecule has 0 bridgehead atoms. The van der Waals surface area contributed by atoms with Crippen LogP contribution in [0.15, 0.2) is 24.3 Å². The molecule has 2 rings (SSSR count). The third kappa shape index (κ3) is 2.46. The van der Waals surface area contributed by atoms with E-state index in [9.17, 15) is 5.11 Å². The van der Waals surface area contributed by atoms with E-state index in [1.165, 1.54) is 24.8 Å². The Balaban J connectivity index is 2.07. The molecule has 1 aliphatic rings. The second-order valence-corrected chi connectivity index (χ2v) is 5.33. The van der Waals surface area contributed by atoms with Gasteiger partial charge in [-0.15, -0.1) is 0 Å². The molecular weight excluding hydrogens is 196 g/mol. The van der Waals surface area contributed by atoms with Gasteiger partial charge in [0, 0.05) is 0 Å². The first kappa shape index (κ1) is 11.7. The van der Waals surface area contributed by atoms with Gasteiger partial charge in [0.2, 0.25) is 0 Å². The van der Waals surface area contributed by atoms with Crippen LogP contribution in [0.5, 0.6) is 0 Å². The number of benzene rings is 1. The average molecular weight is 218 g/mol. The molecule has 0 aromatic heterocycles. The maximum absolute atomic E-state index is 10.5. The minimum absolute atomic E-state index is 0.642. The average Bonchev–Trinajstić information content (AvgIpc) is 2.24. The molecule has 1 aromatic carbocycles. The zero-order valence-electron chi connectivity index (χ0n) is 10.4. The summed E-state index contributed by atoms with van der Waals surface area (Å²) in [5, 5.41) is 10.5. The van der Waals surface area contributed by atoms with Gasteiger partial charge in [-0.05, 0) is 36.8 Å². The summed E-state index contributed by atoms with van der Waals surface area (Å²) in [5.41, 5.74) is 1.76. The first-order chi connectivity index (χ1) is 7.62. The molecule has 0 spiro atoms. The first-order valence-electron chi connectivity index (χ1n) is 6.43. The molecule has 0 aliphatic heterocycles. The summed E-state index contributed by atoms with van der Waals surface area (Å²) < 4.78 is 0. The summed E-state index contributed by atoms with van der Waals surface area (Å²) >= 11 is 0. The van der Waals surface area contributed by atoms with Crippen LogP contribution in [0.3, 0.4) is 0 Å². The Morgan fingerprint density at radius 1 is 1.25 bits per heavy atom. The van der Waals surface area contributed by atoms with Crippen LogP contribution in [0.1, 0.15) is 50.7 Å². The molecule has 1 unspecified atom stereocenters. The van der Waals surface area contributed by atoms with Gasteiger partial charge in [-0.25, -0.2) is 0 Å². The van der Waals surface area contributed by atoms with Gasteiger partial charge in [0.25, 0.3) is 0 Å². The fourth-order valence-electron chi connectivity index (χ4n) is 2.48. The van der Waals surface area contributed by atoms with Crippen molar-refractivity contribution in [3.05, 3.63) is 35.4 Å². The topological polar surface area (TPSA) is 20.2 Å². The molecular formula is C15H22O. The molecule has 16 heavy (non-hydrogen) atoms. The lowest BCUT2D eigenvalue weighted by Crippen LogP contribution is -2.27. The molecule has 1 nitrogen and oxygen atoms in total. The molecule has 1 saturated carbocycles. The maximum Gasteiger partial charge on any atom is 0.0871 e. The largest absolute Gasteiger partial charge is 0.385 e. The Morgan fingerprint density at radius 2 is 1.88 bits per heavy atom. The standard InChI is InChI=1S/C15H22O/c1-3-12-7-9-14(10-8-12)15(2,16)11-13-5-4-6-13/h7-10,13,16H,3-6,11H2,1-2H3. The van der Waals surface area contributed by atoms with Crippen molar-refractivity contribution in [1.29, 1.82) is 0 Å². The van der Waals surface area contributed by atoms with Crippen LogP contribution in [-0.4, -0.2) is 5.11 Å². The molecule has 88 valence electrons. The minimum Gasteiger partial charge on any atom is -0.385 e. The van der Waals surface area contributed by atoms with Crippen LogP contribution >= 0.6 is 0 Å². The van der Waals surface area contributed by atoms with E-state index in [1.807, 2.05) is 6.92 Å². The van der Waals surface area contributed by atoms with E-state index in [0.29, 0.717) is 0 Å². The molecule has 0 amide bonds. The van der Waals surface area contributed by atoms with Crippen LogP contribution in [0.4, 0.5) is 0 Å². The predicted molar refractivity (Wildman–Crippen MR) is 67.3 cm³/mol. The van der Waals surface area contributed by atoms with Crippen molar-refractivity contribution >= 4 is 0 Å². The second kappa shape index (κ2) is 4.58. The summed E-state index contributed by atoms with van der Waals surface area (Å²) in [4.78, 5) is 0. The number of hydrogen-bond donors (Lipinski definition) is 1. The van der Waals surface area contributed by atoms with E-state index in [4.69, 9.17) is 0 Å². The van der Waals surface area contributed by atoms with Crippen LogP contribution in [0.2, 0.25) is 0 Å². The van der Waals surface area contributed by atoms with Gasteiger partial charge in [0.05, 0.1) is 5.60 Å². The molecule has 1 fully saturated rings. The van der Waals surface area contributed by atoms with Crippen molar-refractivity contribution in [1.82, 2.24) is 0 Å². The molecule has 1 aromatic rings. The fourth-order valence-corrected chi connectivity index (χ4v) is 2.48. The van der Waals surface area contributed by atoms with E-state index in [2.05, 4.69) is 31.2 Å². The Bertz CT molecular complexity index is 333. The minimum atomic E-state index is -0.642. The molecule has 1 atom stereocenters. The summed E-state index contributed by atoms with van der Waals surface area (Å²) in [5.74, 6) is 0.737. The lowest BCUT2D eigenvalue weighted by atomic mass is 9.76. The molecule has 1 heteroatoms. The van der Waals surface area contributed by atoms with Gasteiger partial charge < -0.3 is 5.11 Å². The lowest BCUT2D eigenvalue weighted by molar-refractivity contribution is 0.0161. The van der Waals surface area contributed by atoms with Gasteiger partial charge in [-0.2, -0.15) is 0 Å². The highest BCUT2D eigenvalue weighted by molar-refractivity contribution is 5.26. The third-order valence-electron chi connectivity index (χ3n) is 3.89. The predicted octanol–water partition coefficient (Wildman–Crippen LogP) is 3.65. The first-order valence-corrected chi connectivity index (χ1v) is 6.43. The Labute approximate surface area is 98.5 Å². The highest BCUT2D eigenvalue weighted by Crippen LogP contribution is 2.37. The number of aryl methyl sites for hydroxylation is 1. The quantitative estimate of drug-likeness (QED) is 0.818. The van der Waals surface area contributed by atoms with Crippen LogP contribution in [0.25, 0.3) is 0 Å². The molecule has 0 radical (unpaired) electrons. The van der Waals surface area contributed by atoms with Crippen LogP contribution < -0.4 is 0 Å². The number of hydrogen-bond acceptors (Lipinski definition) is 1. The molecule has 1 N–H and O–H groups in total. The van der Waals surface area contributed by atoms with Crippen LogP contribution in [0, 0.1) is 5.92 Å². The summed E-state index contributed by atoms with van der Waals surface area (Å²) in [6, 6.07) is 8.42. The van der Waals surface area contributed by atoms with Crippen molar-refractivity contribution in [2.45, 2.75) is 51.6 Å². The normalized spacial score (nSPS) is 20.2. The highest BCUT2D eigenvalue weighted by Gasteiger charge is 2.30. The van der Waals surface area contributed by atoms with Gasteiger partial charge >= 0.3 is 0 Å². The molecule has 1 aliphatic carbocycles. The molecule has 0 saturated heterocycles. The fraction of sp³-hybridized carbons (Fsp3) is 0.600. The van der Waals surface area contributed by atoms with Crippen molar-refractivity contribution in [3.63, 3.8) is 0 Å². The zero-order valence-corrected chi connectivity index (χ0v) is 10.4. The number of aliphatic hydroxyl groups is 1. The smallest absolute Gasteiger partial charge is 0.0871 e. The Hall–Kier alpha value is -0.820. The van der Waals surface area contributed by atoms with E-state index in [-0.39, 0.29) is 0 Å². The van der Waals surface area contributed by atoms with Gasteiger partial charge in [-0.1, -0.05) is 50.5 Å². The van der Waals surface area contributed by atoms with Crippen LogP contribution in [-0.2, 0) is 12.0 Å². The Kier molecular flexibility index (Phi) is 3.34. The van der Waals surface area contributed by atoms with Crippen molar-refractivity contribution in [2.75, 3.05) is 0 Å². The summed E-state index contributed by atoms with van der Waals surface area (Å²) in [6.07, 6.45) is 5.91. The van der Waals surface area contributed by atoms with E-state index >= 15 is 0 Å². The number of rotatable bonds is 4. The highest BCUT2D eigenvalue weighted by atomic mass is 16.3. The maximum atomic E-state index is 10.5. The SMILES string of the molecule is CCc1ccc(C(C)(O)CC2CCC2)cc1. The monoisotopic (exact) mass is 218 g/mol. The third-order valence-corrected chi connectivity index (χ3v) is 3.89. The van der Waals surface area contributed by atoms with E-state index < -0.39 is 5.60 Å².